The van der Waals surface area contributed by atoms with Crippen molar-refractivity contribution in [2.75, 3.05) is 12.4 Å². The van der Waals surface area contributed by atoms with Crippen molar-refractivity contribution in [1.29, 1.82) is 0 Å². The van der Waals surface area contributed by atoms with Gasteiger partial charge in [0.15, 0.2) is 0 Å². The molecule has 1 aliphatic carbocycles. The minimum atomic E-state index is -0.865. The molecule has 1 aromatic carbocycles. The summed E-state index contributed by atoms with van der Waals surface area (Å²) in [6, 6.07) is 7.73. The predicted molar refractivity (Wildman–Crippen MR) is 65.2 cm³/mol. The maximum absolute atomic E-state index is 11.3. The lowest BCUT2D eigenvalue weighted by atomic mass is 9.74. The molecule has 0 bridgehead atoms. The molecule has 1 aliphatic rings. The number of carbonyl (C=O) groups is 1. The molecule has 0 atom stereocenters. The van der Waals surface area contributed by atoms with Crippen molar-refractivity contribution in [2.24, 2.45) is 0 Å². The van der Waals surface area contributed by atoms with Gasteiger partial charge < -0.3 is 15.2 Å². The number of benzene rings is 1. The summed E-state index contributed by atoms with van der Waals surface area (Å²) in [4.78, 5) is 11.3. The molecule has 0 saturated heterocycles. The van der Waals surface area contributed by atoms with Crippen LogP contribution < -0.4 is 5.32 Å². The Labute approximate surface area is 101 Å². The number of methoxy groups -OCH3 is 1. The van der Waals surface area contributed by atoms with E-state index in [0.29, 0.717) is 12.8 Å². The average Bonchev–Trinajstić information content (AvgIpc) is 2.25. The van der Waals surface area contributed by atoms with E-state index in [9.17, 15) is 9.90 Å². The van der Waals surface area contributed by atoms with E-state index in [4.69, 9.17) is 4.74 Å². The number of rotatable bonds is 4. The van der Waals surface area contributed by atoms with Crippen LogP contribution in [-0.4, -0.2) is 29.8 Å². The number of aliphatic carboxylic acids is 1. The van der Waals surface area contributed by atoms with Gasteiger partial charge in [-0.2, -0.15) is 0 Å². The van der Waals surface area contributed by atoms with E-state index in [1.165, 1.54) is 0 Å². The fraction of sp³-hybridized carbons (Fsp3) is 0.462. The molecule has 1 fully saturated rings. The van der Waals surface area contributed by atoms with Gasteiger partial charge in [-0.05, 0) is 19.1 Å². The number of aryl methyl sites for hydroxylation is 1. The van der Waals surface area contributed by atoms with Crippen LogP contribution in [0.5, 0.6) is 0 Å². The van der Waals surface area contributed by atoms with Crippen molar-refractivity contribution in [2.45, 2.75) is 31.4 Å². The molecular weight excluding hydrogens is 218 g/mol. The molecule has 0 heterocycles. The first-order valence-electron chi connectivity index (χ1n) is 5.67. The fourth-order valence-electron chi connectivity index (χ4n) is 2.13. The maximum Gasteiger partial charge on any atom is 0.329 e. The zero-order chi connectivity index (χ0) is 12.5. The van der Waals surface area contributed by atoms with Crippen LogP contribution in [0.1, 0.15) is 18.4 Å². The molecule has 1 aromatic rings. The molecule has 0 aliphatic heterocycles. The Morgan fingerprint density at radius 1 is 1.41 bits per heavy atom. The van der Waals surface area contributed by atoms with Crippen LogP contribution in [0.15, 0.2) is 24.3 Å². The Bertz CT molecular complexity index is 407. The van der Waals surface area contributed by atoms with E-state index in [2.05, 4.69) is 5.32 Å². The van der Waals surface area contributed by atoms with Crippen molar-refractivity contribution in [3.63, 3.8) is 0 Å². The number of carboxylic acids is 1. The Kier molecular flexibility index (Phi) is 3.07. The second kappa shape index (κ2) is 4.37. The second-order valence-electron chi connectivity index (χ2n) is 4.64. The summed E-state index contributed by atoms with van der Waals surface area (Å²) in [6.45, 7) is 2.00. The summed E-state index contributed by atoms with van der Waals surface area (Å²) >= 11 is 0. The van der Waals surface area contributed by atoms with Gasteiger partial charge in [0.25, 0.3) is 0 Å². The van der Waals surface area contributed by atoms with Gasteiger partial charge in [-0.25, -0.2) is 4.79 Å². The van der Waals surface area contributed by atoms with E-state index >= 15 is 0 Å². The van der Waals surface area contributed by atoms with Gasteiger partial charge in [0, 0.05) is 25.6 Å². The Hall–Kier alpha value is -1.55. The molecule has 1 saturated carbocycles. The van der Waals surface area contributed by atoms with Gasteiger partial charge in [0.2, 0.25) is 0 Å². The lowest BCUT2D eigenvalue weighted by Crippen LogP contribution is -2.59. The number of carboxylic acid groups (broad SMARTS) is 1. The number of ether oxygens (including phenoxy) is 1. The second-order valence-corrected chi connectivity index (χ2v) is 4.64. The molecule has 0 aromatic heterocycles. The fourth-order valence-corrected chi connectivity index (χ4v) is 2.13. The quantitative estimate of drug-likeness (QED) is 0.838. The maximum atomic E-state index is 11.3. The molecule has 0 radical (unpaired) electrons. The highest BCUT2D eigenvalue weighted by Gasteiger charge is 2.51. The highest BCUT2D eigenvalue weighted by atomic mass is 16.5. The third-order valence-electron chi connectivity index (χ3n) is 3.33. The number of hydrogen-bond donors (Lipinski definition) is 2. The summed E-state index contributed by atoms with van der Waals surface area (Å²) in [7, 11) is 1.61. The molecule has 17 heavy (non-hydrogen) atoms. The van der Waals surface area contributed by atoms with E-state index in [0.717, 1.165) is 11.3 Å². The lowest BCUT2D eigenvalue weighted by molar-refractivity contribution is -0.151. The molecule has 0 unspecified atom stereocenters. The third kappa shape index (κ3) is 2.26. The normalized spacial score (nSPS) is 27.3. The third-order valence-corrected chi connectivity index (χ3v) is 3.33. The lowest BCUT2D eigenvalue weighted by Gasteiger charge is -2.44. The Balaban J connectivity index is 2.10. The highest BCUT2D eigenvalue weighted by Crippen LogP contribution is 2.37. The standard InChI is InChI=1S/C13H17NO3/c1-9-3-5-10(6-4-9)14-13(12(15)16)7-11(8-13)17-2/h3-6,11,14H,7-8H2,1-2H3,(H,15,16). The van der Waals surface area contributed by atoms with Gasteiger partial charge in [-0.3, -0.25) is 0 Å². The molecule has 92 valence electrons. The predicted octanol–water partition coefficient (Wildman–Crippen LogP) is 2.04. The topological polar surface area (TPSA) is 58.6 Å². The Morgan fingerprint density at radius 2 is 2.00 bits per heavy atom. The van der Waals surface area contributed by atoms with Gasteiger partial charge in [0.1, 0.15) is 5.54 Å². The van der Waals surface area contributed by atoms with Crippen molar-refractivity contribution in [1.82, 2.24) is 0 Å². The van der Waals surface area contributed by atoms with Crippen LogP contribution in [0.4, 0.5) is 5.69 Å². The smallest absolute Gasteiger partial charge is 0.329 e. The number of nitrogens with one attached hydrogen (secondary N) is 1. The van der Waals surface area contributed by atoms with Crippen molar-refractivity contribution < 1.29 is 14.6 Å². The van der Waals surface area contributed by atoms with E-state index < -0.39 is 11.5 Å². The summed E-state index contributed by atoms with van der Waals surface area (Å²) < 4.78 is 5.15. The summed E-state index contributed by atoms with van der Waals surface area (Å²) in [5.74, 6) is -0.814. The largest absolute Gasteiger partial charge is 0.480 e. The van der Waals surface area contributed by atoms with Gasteiger partial charge in [-0.15, -0.1) is 0 Å². The van der Waals surface area contributed by atoms with Crippen LogP contribution >= 0.6 is 0 Å². The van der Waals surface area contributed by atoms with Crippen LogP contribution in [-0.2, 0) is 9.53 Å². The van der Waals surface area contributed by atoms with Crippen LogP contribution in [0.2, 0.25) is 0 Å². The van der Waals surface area contributed by atoms with Gasteiger partial charge in [-0.1, -0.05) is 17.7 Å². The molecule has 2 N–H and O–H groups in total. The van der Waals surface area contributed by atoms with E-state index in [1.54, 1.807) is 7.11 Å². The zero-order valence-corrected chi connectivity index (χ0v) is 10.1. The Morgan fingerprint density at radius 3 is 2.47 bits per heavy atom. The highest BCUT2D eigenvalue weighted by molar-refractivity contribution is 5.84. The van der Waals surface area contributed by atoms with Crippen LogP contribution in [0.25, 0.3) is 0 Å². The summed E-state index contributed by atoms with van der Waals surface area (Å²) in [6.07, 6.45) is 1.06. The molecule has 0 amide bonds. The molecule has 4 heteroatoms. The first-order valence-corrected chi connectivity index (χ1v) is 5.67. The van der Waals surface area contributed by atoms with Crippen molar-refractivity contribution >= 4 is 11.7 Å². The summed E-state index contributed by atoms with van der Waals surface area (Å²) in [5.41, 5.74) is 1.13. The first-order chi connectivity index (χ1) is 8.05. The zero-order valence-electron chi connectivity index (χ0n) is 10.1. The van der Waals surface area contributed by atoms with E-state index in [1.807, 2.05) is 31.2 Å². The minimum Gasteiger partial charge on any atom is -0.480 e. The molecular formula is C13H17NO3. The van der Waals surface area contributed by atoms with Crippen molar-refractivity contribution in [3.8, 4) is 0 Å². The summed E-state index contributed by atoms with van der Waals surface area (Å²) in [5, 5.41) is 12.4. The average molecular weight is 235 g/mol. The monoisotopic (exact) mass is 235 g/mol. The SMILES string of the molecule is COC1CC(Nc2ccc(C)cc2)(C(=O)O)C1. The number of hydrogen-bond acceptors (Lipinski definition) is 3. The van der Waals surface area contributed by atoms with Gasteiger partial charge >= 0.3 is 5.97 Å². The van der Waals surface area contributed by atoms with Crippen molar-refractivity contribution in [3.05, 3.63) is 29.8 Å². The first kappa shape index (κ1) is 11.9. The van der Waals surface area contributed by atoms with Crippen LogP contribution in [0.3, 0.4) is 0 Å². The van der Waals surface area contributed by atoms with Gasteiger partial charge in [0.05, 0.1) is 6.10 Å². The molecule has 2 rings (SSSR count). The minimum absolute atomic E-state index is 0.0454. The number of anilines is 1. The molecule has 4 nitrogen and oxygen atoms in total. The van der Waals surface area contributed by atoms with Crippen LogP contribution in [0, 0.1) is 6.92 Å². The van der Waals surface area contributed by atoms with E-state index in [-0.39, 0.29) is 6.10 Å². The molecule has 0 spiro atoms.